The molecule has 0 saturated heterocycles. The molecule has 14 rings (SSSR count). The fourth-order valence-corrected chi connectivity index (χ4v) is 19.5. The van der Waals surface area contributed by atoms with Crippen molar-refractivity contribution in [2.45, 2.75) is 289 Å². The average Bonchev–Trinajstić information content (AvgIpc) is 1.53. The summed E-state index contributed by atoms with van der Waals surface area (Å²) in [4.78, 5) is 0. The second-order valence-corrected chi connectivity index (χ2v) is 33.5. The summed E-state index contributed by atoms with van der Waals surface area (Å²) < 4.78 is 13.9. The molecular formula is C99H118O2. The molecule has 2 nitrogen and oxygen atoms in total. The Hall–Kier alpha value is -7.42. The highest BCUT2D eigenvalue weighted by atomic mass is 16.3. The molecule has 0 N–H and O–H groups in total. The molecule has 1 atom stereocenters. The molecule has 101 heavy (non-hydrogen) atoms. The quantitative estimate of drug-likeness (QED) is 0.0376. The van der Waals surface area contributed by atoms with Gasteiger partial charge in [0.25, 0.3) is 0 Å². The van der Waals surface area contributed by atoms with Gasteiger partial charge in [0.2, 0.25) is 0 Å². The number of hydrogen-bond donors (Lipinski definition) is 0. The molecule has 0 saturated carbocycles. The van der Waals surface area contributed by atoms with Crippen molar-refractivity contribution in [1.82, 2.24) is 0 Å². The lowest BCUT2D eigenvalue weighted by Crippen LogP contribution is -2.27. The molecule has 0 bridgehead atoms. The molecule has 9 aromatic carbocycles. The van der Waals surface area contributed by atoms with Gasteiger partial charge in [-0.1, -0.05) is 349 Å². The van der Waals surface area contributed by atoms with Crippen molar-refractivity contribution in [3.63, 3.8) is 0 Å². The fraction of sp³-hybridized carbons (Fsp3) is 0.455. The van der Waals surface area contributed by atoms with E-state index in [2.05, 4.69) is 233 Å². The summed E-state index contributed by atoms with van der Waals surface area (Å²) in [6, 6.07) is 65.5. The van der Waals surface area contributed by atoms with E-state index in [1.54, 1.807) is 27.8 Å². The minimum Gasteiger partial charge on any atom is -0.456 e. The molecule has 3 aliphatic rings. The molecule has 2 heterocycles. The zero-order valence-corrected chi connectivity index (χ0v) is 63.7. The molecule has 526 valence electrons. The third-order valence-corrected chi connectivity index (χ3v) is 25.1. The summed E-state index contributed by atoms with van der Waals surface area (Å²) >= 11 is 0. The van der Waals surface area contributed by atoms with Crippen LogP contribution in [0.25, 0.3) is 88.4 Å². The Morgan fingerprint density at radius 2 is 0.851 bits per heavy atom. The van der Waals surface area contributed by atoms with Gasteiger partial charge in [0.15, 0.2) is 0 Å². The fourth-order valence-electron chi connectivity index (χ4n) is 19.5. The maximum atomic E-state index is 6.97. The van der Waals surface area contributed by atoms with Crippen molar-refractivity contribution in [2.24, 2.45) is 0 Å². The molecule has 0 fully saturated rings. The van der Waals surface area contributed by atoms with Crippen LogP contribution in [0.15, 0.2) is 173 Å². The molecule has 11 aromatic rings. The Morgan fingerprint density at radius 3 is 1.46 bits per heavy atom. The second kappa shape index (κ2) is 30.5. The Bertz CT molecular complexity index is 4660. The van der Waals surface area contributed by atoms with E-state index in [4.69, 9.17) is 8.83 Å². The van der Waals surface area contributed by atoms with E-state index in [1.165, 1.54) is 279 Å². The molecule has 0 spiro atoms. The van der Waals surface area contributed by atoms with Crippen LogP contribution in [-0.4, -0.2) is 0 Å². The predicted octanol–water partition coefficient (Wildman–Crippen LogP) is 30.2. The van der Waals surface area contributed by atoms with E-state index in [1.807, 2.05) is 0 Å². The second-order valence-electron chi connectivity index (χ2n) is 33.5. The van der Waals surface area contributed by atoms with Gasteiger partial charge >= 0.3 is 0 Å². The molecule has 0 radical (unpaired) electrons. The zero-order valence-electron chi connectivity index (χ0n) is 63.7. The summed E-state index contributed by atoms with van der Waals surface area (Å²) in [5, 5.41) is 5.05. The van der Waals surface area contributed by atoms with Gasteiger partial charge in [0, 0.05) is 43.4 Å². The molecule has 2 heteroatoms. The highest BCUT2D eigenvalue weighted by Gasteiger charge is 2.49. The van der Waals surface area contributed by atoms with Gasteiger partial charge < -0.3 is 8.83 Å². The normalized spacial score (nSPS) is 14.8. The minimum atomic E-state index is -0.242. The molecule has 1 unspecified atom stereocenters. The maximum absolute atomic E-state index is 6.97. The van der Waals surface area contributed by atoms with E-state index in [9.17, 15) is 0 Å². The van der Waals surface area contributed by atoms with Crippen LogP contribution in [0.5, 0.6) is 0 Å². The maximum Gasteiger partial charge on any atom is 0.143 e. The van der Waals surface area contributed by atoms with Crippen LogP contribution in [0, 0.1) is 6.92 Å². The van der Waals surface area contributed by atoms with Crippen LogP contribution in [0.4, 0.5) is 0 Å². The van der Waals surface area contributed by atoms with Crippen molar-refractivity contribution in [1.29, 1.82) is 0 Å². The summed E-state index contributed by atoms with van der Waals surface area (Å²) in [7, 11) is 0. The van der Waals surface area contributed by atoms with E-state index in [-0.39, 0.29) is 27.6 Å². The SMILES string of the molecule is CCCCCCCCC1(CCCCCCCC)c2cc(C(Cc3ccc(C(C)(C)C)cc3)Cc3ccc4c(c3)C(C)(C)c3cc(-c5cccc(C)c5)c5oc6ccccc6c5c3-4)ccc2-c2cc3c(cc21)-c1c(ccc2oc4ccccc4c12)C3(CCCCCCCC)CCCCCCCC. The number of rotatable bonds is 34. The molecule has 3 aliphatic carbocycles. The first-order valence-electron chi connectivity index (χ1n) is 40.8. The highest BCUT2D eigenvalue weighted by molar-refractivity contribution is 6.19. The Kier molecular flexibility index (Phi) is 21.3. The first-order chi connectivity index (χ1) is 49.2. The van der Waals surface area contributed by atoms with Crippen molar-refractivity contribution >= 4 is 43.9 Å². The average molecular weight is 1340 g/mol. The van der Waals surface area contributed by atoms with Crippen LogP contribution < -0.4 is 0 Å². The Morgan fingerprint density at radius 1 is 0.356 bits per heavy atom. The van der Waals surface area contributed by atoms with Gasteiger partial charge in [-0.3, -0.25) is 0 Å². The number of fused-ring (bicyclic) bond motifs is 17. The van der Waals surface area contributed by atoms with Crippen LogP contribution in [0.2, 0.25) is 0 Å². The van der Waals surface area contributed by atoms with Gasteiger partial charge in [0.1, 0.15) is 22.3 Å². The van der Waals surface area contributed by atoms with Gasteiger partial charge in [-0.15, -0.1) is 0 Å². The largest absolute Gasteiger partial charge is 0.456 e. The van der Waals surface area contributed by atoms with Gasteiger partial charge in [0.05, 0.1) is 0 Å². The third-order valence-electron chi connectivity index (χ3n) is 25.1. The number of unbranched alkanes of at least 4 members (excludes halogenated alkanes) is 20. The lowest BCUT2D eigenvalue weighted by Gasteiger charge is -2.35. The zero-order chi connectivity index (χ0) is 69.9. The number of aryl methyl sites for hydroxylation is 1. The molecule has 0 aliphatic heterocycles. The van der Waals surface area contributed by atoms with Crippen LogP contribution in [0.1, 0.15) is 309 Å². The van der Waals surface area contributed by atoms with Crippen LogP contribution in [0.3, 0.4) is 0 Å². The van der Waals surface area contributed by atoms with E-state index >= 15 is 0 Å². The Labute approximate surface area is 607 Å². The predicted molar refractivity (Wildman–Crippen MR) is 435 cm³/mol. The van der Waals surface area contributed by atoms with E-state index in [0.717, 1.165) is 35.2 Å². The summed E-state index contributed by atoms with van der Waals surface area (Å²) in [5.74, 6) is 0.245. The smallest absolute Gasteiger partial charge is 0.143 e. The number of furan rings is 2. The monoisotopic (exact) mass is 1340 g/mol. The van der Waals surface area contributed by atoms with Crippen LogP contribution >= 0.6 is 0 Å². The lowest BCUT2D eigenvalue weighted by molar-refractivity contribution is 0.394. The first kappa shape index (κ1) is 70.6. The molecule has 2 aromatic heterocycles. The van der Waals surface area contributed by atoms with Crippen LogP contribution in [-0.2, 0) is 34.5 Å². The van der Waals surface area contributed by atoms with Gasteiger partial charge in [-0.05, 0) is 188 Å². The van der Waals surface area contributed by atoms with Crippen molar-refractivity contribution < 1.29 is 8.83 Å². The standard InChI is InChI=1S/C99H118O2/c1-11-15-19-23-27-35-56-98(57-36-28-24-20-16-12-2)82-54-55-90-93(77-42-31-33-44-88(77)100-90)92(82)81-67-85-80(66-86(81)98)75-53-49-71(64-84(75)99(85,58-37-29-25-21-17-13-3)59-38-30-26-22-18-14-4)73(61-69-46-50-74(51-47-69)96(6,7)8)62-70-48-52-76-83(63-70)97(9,10)87-65-79(72-41-39-40-68(5)60-72)95-94(91(76)87)78-43-32-34-45-89(78)101-95/h31-34,39-55,60,63-67,73H,11-30,35-38,56-59,61-62H2,1-10H3. The number of hydrogen-bond acceptors (Lipinski definition) is 2. The summed E-state index contributed by atoms with van der Waals surface area (Å²) in [6.45, 7) is 23.7. The Balaban J connectivity index is 0.938. The lowest BCUT2D eigenvalue weighted by atomic mass is 9.68. The molecular weight excluding hydrogens is 1220 g/mol. The van der Waals surface area contributed by atoms with E-state index < -0.39 is 0 Å². The first-order valence-corrected chi connectivity index (χ1v) is 40.8. The minimum absolute atomic E-state index is 0.0767. The highest BCUT2D eigenvalue weighted by Crippen LogP contribution is 2.63. The summed E-state index contributed by atoms with van der Waals surface area (Å²) in [6.07, 6.45) is 38.0. The van der Waals surface area contributed by atoms with Gasteiger partial charge in [-0.25, -0.2) is 0 Å². The van der Waals surface area contributed by atoms with Crippen molar-refractivity contribution in [2.75, 3.05) is 0 Å². The third kappa shape index (κ3) is 13.7. The molecule has 0 amide bonds. The topological polar surface area (TPSA) is 26.3 Å². The van der Waals surface area contributed by atoms with Crippen molar-refractivity contribution in [3.05, 3.63) is 225 Å². The summed E-state index contributed by atoms with van der Waals surface area (Å²) in [5.41, 5.74) is 31.0. The van der Waals surface area contributed by atoms with E-state index in [0.29, 0.717) is 0 Å². The number of para-hydroxylation sites is 2. The van der Waals surface area contributed by atoms with Gasteiger partial charge in [-0.2, -0.15) is 0 Å². The number of benzene rings is 9. The van der Waals surface area contributed by atoms with Crippen molar-refractivity contribution in [3.8, 4) is 44.5 Å².